The maximum absolute atomic E-state index is 5.45. The molecule has 2 unspecified atom stereocenters. The Morgan fingerprint density at radius 3 is 1.31 bits per heavy atom. The number of hydrogen-bond acceptors (Lipinski definition) is 9. The second kappa shape index (κ2) is 46.7. The molecule has 11 aliphatic carbocycles. The zero-order valence-corrected chi connectivity index (χ0v) is 81.8. The first-order valence-corrected chi connectivity index (χ1v) is 48.8. The molecule has 9 heterocycles. The normalized spacial score (nSPS) is 17.7. The molecule has 7 aromatic heterocycles. The summed E-state index contributed by atoms with van der Waals surface area (Å²) in [5, 5.41) is 2.13. The van der Waals surface area contributed by atoms with Gasteiger partial charge in [0.05, 0.1) is 18.2 Å². The predicted molar refractivity (Wildman–Crippen MR) is 590 cm³/mol. The third kappa shape index (κ3) is 24.5. The summed E-state index contributed by atoms with van der Waals surface area (Å²) in [6.07, 6.45) is 36.3. The molecule has 0 amide bonds. The van der Waals surface area contributed by atoms with Gasteiger partial charge in [0.15, 0.2) is 0 Å². The van der Waals surface area contributed by atoms with Gasteiger partial charge in [0.1, 0.15) is 23.9 Å². The van der Waals surface area contributed by atoms with Crippen molar-refractivity contribution in [2.45, 2.75) is 133 Å². The van der Waals surface area contributed by atoms with Crippen LogP contribution in [0.3, 0.4) is 0 Å². The van der Waals surface area contributed by atoms with Gasteiger partial charge in [-0.1, -0.05) is 255 Å². The molecule has 0 radical (unpaired) electrons. The summed E-state index contributed by atoms with van der Waals surface area (Å²) >= 11 is 3.67. The topological polar surface area (TPSA) is 87.1 Å². The smallest absolute Gasteiger partial charge is 0.127 e. The van der Waals surface area contributed by atoms with E-state index in [9.17, 15) is 0 Å². The van der Waals surface area contributed by atoms with Gasteiger partial charge in [-0.15, -0.1) is 23.1 Å². The summed E-state index contributed by atoms with van der Waals surface area (Å²) in [7, 11) is 0. The average molecular weight is 1830 g/mol. The van der Waals surface area contributed by atoms with E-state index in [1.54, 1.807) is 12.5 Å². The molecule has 0 spiro atoms. The minimum Gasteiger partial charge on any atom is -0.488 e. The van der Waals surface area contributed by atoms with Crippen molar-refractivity contribution in [2.75, 3.05) is 12.4 Å². The first kappa shape index (κ1) is 100. The highest BCUT2D eigenvalue weighted by Crippen LogP contribution is 2.50. The highest BCUT2D eigenvalue weighted by atomic mass is 32.2. The second-order valence-corrected chi connectivity index (χ2v) is 38.1. The van der Waals surface area contributed by atoms with Gasteiger partial charge in [0.2, 0.25) is 0 Å². The summed E-state index contributed by atoms with van der Waals surface area (Å²) in [6.45, 7) is 96.0. The van der Waals surface area contributed by atoms with Crippen LogP contribution in [0, 0.1) is 11.8 Å². The molecule has 2 bridgehead atoms. The largest absolute Gasteiger partial charge is 0.488 e. The third-order valence-electron chi connectivity index (χ3n) is 27.3. The van der Waals surface area contributed by atoms with Crippen LogP contribution >= 0.6 is 23.1 Å². The number of hydrogen-bond donors (Lipinski definition) is 0. The lowest BCUT2D eigenvalue weighted by atomic mass is 9.85. The van der Waals surface area contributed by atoms with Gasteiger partial charge in [0, 0.05) is 99.1 Å². The van der Waals surface area contributed by atoms with E-state index in [0.717, 1.165) is 284 Å². The first-order valence-electron chi connectivity index (χ1n) is 47.0. The van der Waals surface area contributed by atoms with E-state index in [2.05, 4.69) is 268 Å². The molecule has 4 aromatic carbocycles. The maximum Gasteiger partial charge on any atom is 0.127 e. The molecule has 7 nitrogen and oxygen atoms in total. The molecule has 13 aliphatic rings. The molecule has 0 N–H and O–H groups in total. The summed E-state index contributed by atoms with van der Waals surface area (Å²) in [5.74, 6) is 5.65. The van der Waals surface area contributed by atoms with Crippen LogP contribution in [-0.2, 0) is 57.8 Å². The number of fused-ring (bicyclic) bond motifs is 13. The van der Waals surface area contributed by atoms with E-state index in [4.69, 9.17) is 13.6 Å². The molecule has 11 aromatic rings. The molecule has 137 heavy (non-hydrogen) atoms. The molecule has 2 saturated carbocycles. The monoisotopic (exact) mass is 1830 g/mol. The van der Waals surface area contributed by atoms with Crippen LogP contribution in [0.1, 0.15) is 182 Å². The summed E-state index contributed by atoms with van der Waals surface area (Å²) in [6, 6.07) is 51.3. The number of ether oxygens (including phenoxy) is 1. The van der Waals surface area contributed by atoms with Gasteiger partial charge < -0.3 is 13.6 Å². The number of pyridine rings is 4. The minimum atomic E-state index is 0.565. The lowest BCUT2D eigenvalue weighted by Crippen LogP contribution is -2.09. The van der Waals surface area contributed by atoms with E-state index < -0.39 is 0 Å². The number of benzene rings is 4. The quantitative estimate of drug-likeness (QED) is 0.148. The van der Waals surface area contributed by atoms with Crippen molar-refractivity contribution >= 4 is 84.4 Å². The first-order chi connectivity index (χ1) is 66.0. The Hall–Kier alpha value is -14.4. The Morgan fingerprint density at radius 1 is 0.285 bits per heavy atom. The van der Waals surface area contributed by atoms with E-state index in [1.165, 1.54) is 118 Å². The molecule has 690 valence electrons. The van der Waals surface area contributed by atoms with Crippen LogP contribution in [0.5, 0.6) is 5.75 Å². The number of rotatable bonds is 0. The number of aromatic nitrogens is 4. The third-order valence-corrected chi connectivity index (χ3v) is 29.5. The van der Waals surface area contributed by atoms with Crippen molar-refractivity contribution in [1.82, 2.24) is 19.9 Å². The molecule has 2 atom stereocenters. The fourth-order valence-electron chi connectivity index (χ4n) is 18.2. The van der Waals surface area contributed by atoms with Crippen LogP contribution < -0.4 is 4.74 Å². The van der Waals surface area contributed by atoms with E-state index in [0.29, 0.717) is 6.61 Å². The number of para-hydroxylation sites is 1. The standard InChI is InChI=1S/C12H12.4C11H11N.C11H10O.C11H10S.C11H10.2C10H10O.C10H10S.C9H12/c1-9-7-8-11-5-3-4-6-12(11)10(9)2;1-8-3-4-10-7-12-6-5-11(10)9(8)2;1-8-3-4-10-5-6-12-7-11(10)9(8)2;1-8-5-6-11-10(9(8)2)4-3-7-12-11;1-8-5-6-10-4-3-7-12-11(10)9(8)2;2*1-8-7-12-11-6-4-3-5-10(11)9(8)2;1-8-7-10-5-3-4-6-11(10)9(8)2;3*1-7-3-4-10-9(8(7)2)5-6-11-10;1-6-7(2)9-4-3-8(6)5-9/h3-6H,1-2,7-8H2;2*5-7H,1-4H2;2*3-4,7H,1-2,5-6H2;2*3-6H,1-2,7H2;3-6H,1-2,7H2;3*5-6H,1-4H2;8-9H,1-5H2. The number of thiophene rings is 1. The molecule has 24 rings (SSSR count). The van der Waals surface area contributed by atoms with Crippen molar-refractivity contribution in [1.29, 1.82) is 0 Å². The summed E-state index contributed by atoms with van der Waals surface area (Å²) in [4.78, 5) is 19.6. The van der Waals surface area contributed by atoms with Gasteiger partial charge in [-0.05, 0) is 377 Å². The number of allylic oxidation sites excluding steroid dienone is 21. The van der Waals surface area contributed by atoms with Crippen LogP contribution in [0.2, 0.25) is 0 Å². The second-order valence-electron chi connectivity index (χ2n) is 36.1. The van der Waals surface area contributed by atoms with Crippen molar-refractivity contribution in [2.24, 2.45) is 11.8 Å². The van der Waals surface area contributed by atoms with Gasteiger partial charge >= 0.3 is 0 Å². The minimum absolute atomic E-state index is 0.565. The highest BCUT2D eigenvalue weighted by Gasteiger charge is 2.37. The number of nitrogens with zero attached hydrogens (tertiary/aromatic N) is 4. The van der Waals surface area contributed by atoms with E-state index in [1.807, 2.05) is 127 Å². The SMILES string of the molecule is C=C1C(=C)C2CCC1C2.C=C1CCc2ccccc2C1=C.C=C1CCc2cccnc2C1=C.C=C1CCc2ccncc2C1=C.C=C1CCc2cnccc2C1=C.C=C1CCc2ncccc2C1=C.C=C1CCc2occc2C1=C.C=C1CCc2occc2C1=C.C=C1CCc2sccc2C1=C.C=C1COc2ccccc2C1=C.C=C1CSc2ccccc2C1=C.C=C1Cc2ccccc2C1=C. The molecular formula is C128H128N4O3S2. The van der Waals surface area contributed by atoms with Gasteiger partial charge in [0.25, 0.3) is 0 Å². The Balaban J connectivity index is 0.000000126. The van der Waals surface area contributed by atoms with Gasteiger partial charge in [-0.2, -0.15) is 0 Å². The van der Waals surface area contributed by atoms with Crippen molar-refractivity contribution in [3.05, 3.63) is 548 Å². The average Bonchev–Trinajstić information content (AvgIpc) is 1.67. The Labute approximate surface area is 823 Å². The van der Waals surface area contributed by atoms with Crippen LogP contribution in [0.4, 0.5) is 0 Å². The molecule has 9 heteroatoms. The Morgan fingerprint density at radius 2 is 0.708 bits per heavy atom. The van der Waals surface area contributed by atoms with Crippen molar-refractivity contribution in [3.63, 3.8) is 0 Å². The predicted octanol–water partition coefficient (Wildman–Crippen LogP) is 33.8. The summed E-state index contributed by atoms with van der Waals surface area (Å²) < 4.78 is 16.0. The molecular weight excluding hydrogens is 1710 g/mol. The van der Waals surface area contributed by atoms with Gasteiger partial charge in [-0.3, -0.25) is 19.9 Å². The highest BCUT2D eigenvalue weighted by molar-refractivity contribution is 7.99. The fourth-order valence-corrected chi connectivity index (χ4v) is 20.1. The van der Waals surface area contributed by atoms with Gasteiger partial charge in [-0.25, -0.2) is 0 Å². The molecule has 0 saturated heterocycles. The number of furan rings is 2. The summed E-state index contributed by atoms with van der Waals surface area (Å²) in [5.41, 5.74) is 48.0. The Kier molecular flexibility index (Phi) is 34.2. The lowest BCUT2D eigenvalue weighted by molar-refractivity contribution is 0.349. The number of aryl methyl sites for hydroxylation is 8. The van der Waals surface area contributed by atoms with Crippen molar-refractivity contribution < 1.29 is 13.6 Å². The fraction of sp³-hybridized carbons (Fsp3) is 0.188. The van der Waals surface area contributed by atoms with Crippen LogP contribution in [-0.4, -0.2) is 32.3 Å². The zero-order valence-electron chi connectivity index (χ0n) is 80.1. The lowest BCUT2D eigenvalue weighted by Gasteiger charge is -2.20. The van der Waals surface area contributed by atoms with E-state index >= 15 is 0 Å². The van der Waals surface area contributed by atoms with E-state index in [-0.39, 0.29) is 0 Å². The van der Waals surface area contributed by atoms with Crippen LogP contribution in [0.15, 0.2) is 451 Å². The molecule has 2 fully saturated rings. The van der Waals surface area contributed by atoms with Crippen molar-refractivity contribution in [3.8, 4) is 5.75 Å². The van der Waals surface area contributed by atoms with Crippen LogP contribution in [0.25, 0.3) is 61.3 Å². The molecule has 2 aliphatic heterocycles. The maximum atomic E-state index is 5.45. The number of thioether (sulfide) groups is 1. The Bertz CT molecular complexity index is 5930. The zero-order chi connectivity index (χ0) is 97.7.